The minimum absolute atomic E-state index is 0. The summed E-state index contributed by atoms with van der Waals surface area (Å²) in [6.07, 6.45) is 3.96. The Balaban J connectivity index is 0. The maximum Gasteiger partial charge on any atom is -0.0334 e. The van der Waals surface area contributed by atoms with E-state index in [4.69, 9.17) is 0 Å². The van der Waals surface area contributed by atoms with Crippen LogP contribution in [0.5, 0.6) is 0 Å². The second-order valence-corrected chi connectivity index (χ2v) is 2.87. The van der Waals surface area contributed by atoms with E-state index in [1.165, 1.54) is 19.3 Å². The summed E-state index contributed by atoms with van der Waals surface area (Å²) in [6.45, 7) is 9.17. The van der Waals surface area contributed by atoms with Crippen LogP contribution in [0, 0.1) is 5.41 Å². The van der Waals surface area contributed by atoms with Gasteiger partial charge in [0.05, 0.1) is 0 Å². The average molecular weight is 151 g/mol. The van der Waals surface area contributed by atoms with E-state index in [0.29, 0.717) is 5.41 Å². The number of halogens is 1. The van der Waals surface area contributed by atoms with Crippen molar-refractivity contribution in [2.24, 2.45) is 5.41 Å². The van der Waals surface area contributed by atoms with Gasteiger partial charge < -0.3 is 0 Å². The molecule has 0 saturated carbocycles. The largest absolute Gasteiger partial charge is 0.147 e. The zero-order chi connectivity index (χ0) is 6.62. The van der Waals surface area contributed by atoms with Gasteiger partial charge in [0.2, 0.25) is 0 Å². The third-order valence-electron chi connectivity index (χ3n) is 2.56. The highest BCUT2D eigenvalue weighted by Gasteiger charge is 2.15. The Morgan fingerprint density at radius 1 is 0.889 bits per heavy atom. The van der Waals surface area contributed by atoms with E-state index >= 15 is 0 Å². The van der Waals surface area contributed by atoms with Crippen molar-refractivity contribution in [1.82, 2.24) is 0 Å². The molecule has 0 nitrogen and oxygen atoms in total. The summed E-state index contributed by atoms with van der Waals surface area (Å²) in [5.41, 5.74) is 0.625. The van der Waals surface area contributed by atoms with E-state index in [1.54, 1.807) is 0 Å². The van der Waals surface area contributed by atoms with Crippen LogP contribution in [0.2, 0.25) is 0 Å². The molecule has 0 aliphatic rings. The highest BCUT2D eigenvalue weighted by atomic mass is 35.5. The van der Waals surface area contributed by atoms with E-state index in [9.17, 15) is 0 Å². The summed E-state index contributed by atoms with van der Waals surface area (Å²) < 4.78 is 0. The molecule has 0 aromatic carbocycles. The number of hydrogen-bond acceptors (Lipinski definition) is 0. The molecule has 0 aromatic heterocycles. The van der Waals surface area contributed by atoms with Crippen LogP contribution in [-0.2, 0) is 0 Å². The summed E-state index contributed by atoms with van der Waals surface area (Å²) in [7, 11) is 0. The molecule has 0 bridgehead atoms. The average Bonchev–Trinajstić information content (AvgIpc) is 1.87. The molecular weight excluding hydrogens is 132 g/mol. The van der Waals surface area contributed by atoms with Gasteiger partial charge in [-0.15, -0.1) is 12.4 Å². The molecular formula is C8H19Cl. The van der Waals surface area contributed by atoms with Crippen LogP contribution in [0.3, 0.4) is 0 Å². The van der Waals surface area contributed by atoms with Crippen molar-refractivity contribution in [3.8, 4) is 0 Å². The molecule has 0 N–H and O–H groups in total. The van der Waals surface area contributed by atoms with E-state index in [0.717, 1.165) is 0 Å². The molecule has 0 aliphatic heterocycles. The molecule has 0 fully saturated rings. The van der Waals surface area contributed by atoms with Gasteiger partial charge >= 0.3 is 0 Å². The van der Waals surface area contributed by atoms with Crippen LogP contribution in [0.15, 0.2) is 0 Å². The van der Waals surface area contributed by atoms with Crippen LogP contribution in [0.1, 0.15) is 47.0 Å². The lowest BCUT2D eigenvalue weighted by molar-refractivity contribution is 0.286. The van der Waals surface area contributed by atoms with Crippen molar-refractivity contribution in [3.05, 3.63) is 0 Å². The lowest BCUT2D eigenvalue weighted by Crippen LogP contribution is -2.10. The van der Waals surface area contributed by atoms with Gasteiger partial charge in [0.15, 0.2) is 0 Å². The van der Waals surface area contributed by atoms with Gasteiger partial charge in [-0.1, -0.05) is 47.0 Å². The number of hydrogen-bond donors (Lipinski definition) is 0. The zero-order valence-electron chi connectivity index (χ0n) is 7.03. The van der Waals surface area contributed by atoms with Crippen LogP contribution in [0.4, 0.5) is 0 Å². The second kappa shape index (κ2) is 5.10. The van der Waals surface area contributed by atoms with Crippen LogP contribution < -0.4 is 0 Å². The van der Waals surface area contributed by atoms with Gasteiger partial charge in [0, 0.05) is 0 Å². The molecule has 58 valence electrons. The Bertz CT molecular complexity index is 47.3. The van der Waals surface area contributed by atoms with Crippen LogP contribution in [0.25, 0.3) is 0 Å². The van der Waals surface area contributed by atoms with E-state index < -0.39 is 0 Å². The minimum atomic E-state index is 0. The highest BCUT2D eigenvalue weighted by Crippen LogP contribution is 2.28. The first-order valence-electron chi connectivity index (χ1n) is 3.68. The van der Waals surface area contributed by atoms with Gasteiger partial charge in [0.25, 0.3) is 0 Å². The zero-order valence-corrected chi connectivity index (χ0v) is 7.85. The molecule has 0 spiro atoms. The molecule has 0 radical (unpaired) electrons. The molecule has 0 amide bonds. The van der Waals surface area contributed by atoms with Crippen molar-refractivity contribution in [3.63, 3.8) is 0 Å². The molecule has 1 heteroatoms. The van der Waals surface area contributed by atoms with Crippen molar-refractivity contribution in [2.75, 3.05) is 0 Å². The SMILES string of the molecule is CCC(C)(CC)CC.Cl. The minimum Gasteiger partial charge on any atom is -0.147 e. The maximum absolute atomic E-state index is 2.35. The van der Waals surface area contributed by atoms with Gasteiger partial charge in [0.1, 0.15) is 0 Å². The summed E-state index contributed by atoms with van der Waals surface area (Å²) in [6, 6.07) is 0. The van der Waals surface area contributed by atoms with Crippen molar-refractivity contribution < 1.29 is 0 Å². The Labute approximate surface area is 65.4 Å². The topological polar surface area (TPSA) is 0 Å². The summed E-state index contributed by atoms with van der Waals surface area (Å²) in [5.74, 6) is 0. The molecule has 0 atom stereocenters. The monoisotopic (exact) mass is 150 g/mol. The van der Waals surface area contributed by atoms with E-state index in [2.05, 4.69) is 27.7 Å². The van der Waals surface area contributed by atoms with Crippen molar-refractivity contribution in [1.29, 1.82) is 0 Å². The first kappa shape index (κ1) is 12.0. The molecule has 0 aliphatic carbocycles. The molecule has 9 heavy (non-hydrogen) atoms. The first-order valence-corrected chi connectivity index (χ1v) is 3.68. The quantitative estimate of drug-likeness (QED) is 0.576. The van der Waals surface area contributed by atoms with E-state index in [1.807, 2.05) is 0 Å². The van der Waals surface area contributed by atoms with Crippen molar-refractivity contribution >= 4 is 12.4 Å². The van der Waals surface area contributed by atoms with Crippen LogP contribution >= 0.6 is 12.4 Å². The molecule has 0 heterocycles. The van der Waals surface area contributed by atoms with Gasteiger partial charge in [-0.25, -0.2) is 0 Å². The molecule has 0 aromatic rings. The summed E-state index contributed by atoms with van der Waals surface area (Å²) in [4.78, 5) is 0. The fourth-order valence-electron chi connectivity index (χ4n) is 0.750. The second-order valence-electron chi connectivity index (χ2n) is 2.87. The lowest BCUT2D eigenvalue weighted by atomic mass is 9.82. The summed E-state index contributed by atoms with van der Waals surface area (Å²) in [5, 5.41) is 0. The van der Waals surface area contributed by atoms with E-state index in [-0.39, 0.29) is 12.4 Å². The fraction of sp³-hybridized carbons (Fsp3) is 1.00. The highest BCUT2D eigenvalue weighted by molar-refractivity contribution is 5.85. The van der Waals surface area contributed by atoms with Gasteiger partial charge in [-0.2, -0.15) is 0 Å². The molecule has 0 saturated heterocycles. The maximum atomic E-state index is 2.35. The Kier molecular flexibility index (Phi) is 6.81. The standard InChI is InChI=1S/C8H18.ClH/c1-5-8(4,6-2)7-3;/h5-7H2,1-4H3;1H. The first-order chi connectivity index (χ1) is 3.68. The third-order valence-corrected chi connectivity index (χ3v) is 2.56. The fourth-order valence-corrected chi connectivity index (χ4v) is 0.750. The Hall–Kier alpha value is 0.290. The predicted octanol–water partition coefficient (Wildman–Crippen LogP) is 3.64. The predicted molar refractivity (Wildman–Crippen MR) is 46.2 cm³/mol. The third kappa shape index (κ3) is 3.80. The van der Waals surface area contributed by atoms with Crippen LogP contribution in [-0.4, -0.2) is 0 Å². The Morgan fingerprint density at radius 3 is 1.11 bits per heavy atom. The normalized spacial score (nSPS) is 10.7. The molecule has 0 unspecified atom stereocenters. The molecule has 0 rings (SSSR count). The lowest BCUT2D eigenvalue weighted by Gasteiger charge is -2.23. The van der Waals surface area contributed by atoms with Crippen molar-refractivity contribution in [2.45, 2.75) is 47.0 Å². The number of rotatable bonds is 3. The van der Waals surface area contributed by atoms with Gasteiger partial charge in [-0.3, -0.25) is 0 Å². The smallest absolute Gasteiger partial charge is 0.0334 e. The summed E-state index contributed by atoms with van der Waals surface area (Å²) >= 11 is 0. The Morgan fingerprint density at radius 2 is 1.11 bits per heavy atom. The van der Waals surface area contributed by atoms with Gasteiger partial charge in [-0.05, 0) is 5.41 Å².